The molecule has 122 valence electrons. The van der Waals surface area contributed by atoms with Crippen LogP contribution in [-0.4, -0.2) is 20.7 Å². The van der Waals surface area contributed by atoms with Gasteiger partial charge < -0.3 is 5.32 Å². The van der Waals surface area contributed by atoms with Gasteiger partial charge in [-0.25, -0.2) is 4.68 Å². The van der Waals surface area contributed by atoms with Crippen LogP contribution in [0.3, 0.4) is 0 Å². The monoisotopic (exact) mass is 324 g/mol. The predicted molar refractivity (Wildman–Crippen MR) is 89.6 cm³/mol. The summed E-state index contributed by atoms with van der Waals surface area (Å²) in [6.45, 7) is 1.53. The fourth-order valence-electron chi connectivity index (χ4n) is 2.49. The first-order chi connectivity index (χ1) is 11.6. The quantitative estimate of drug-likeness (QED) is 0.747. The normalized spacial score (nSPS) is 12.0. The van der Waals surface area contributed by atoms with E-state index in [1.807, 2.05) is 6.07 Å². The molecule has 3 aromatic rings. The molecule has 0 saturated heterocycles. The Hall–Kier alpha value is -3.22. The second-order valence-electron chi connectivity index (χ2n) is 5.42. The van der Waals surface area contributed by atoms with Gasteiger partial charge in [0.25, 0.3) is 11.1 Å². The van der Waals surface area contributed by atoms with E-state index in [9.17, 15) is 14.4 Å². The van der Waals surface area contributed by atoms with Crippen molar-refractivity contribution in [2.24, 2.45) is 0 Å². The maximum atomic E-state index is 12.4. The molecule has 0 aliphatic carbocycles. The van der Waals surface area contributed by atoms with E-state index in [2.05, 4.69) is 15.4 Å². The lowest BCUT2D eigenvalue weighted by atomic mass is 10.2. The minimum atomic E-state index is -0.411. The molecule has 2 heterocycles. The van der Waals surface area contributed by atoms with Gasteiger partial charge >= 0.3 is 0 Å². The van der Waals surface area contributed by atoms with Crippen molar-refractivity contribution in [1.82, 2.24) is 20.1 Å². The molecule has 0 aliphatic heterocycles. The van der Waals surface area contributed by atoms with Gasteiger partial charge in [0.05, 0.1) is 22.5 Å². The molecular formula is C17H16N4O3. The number of fused-ring (bicyclic) bond motifs is 1. The third kappa shape index (κ3) is 3.10. The van der Waals surface area contributed by atoms with Crippen LogP contribution in [0.2, 0.25) is 0 Å². The maximum Gasteiger partial charge on any atom is 0.273 e. The summed E-state index contributed by atoms with van der Waals surface area (Å²) in [6.07, 6.45) is 1.64. The number of rotatable bonds is 4. The molecule has 0 saturated carbocycles. The largest absolute Gasteiger partial charge is 0.346 e. The van der Waals surface area contributed by atoms with Crippen molar-refractivity contribution in [3.05, 3.63) is 75.1 Å². The Morgan fingerprint density at radius 1 is 1.17 bits per heavy atom. The molecule has 0 aliphatic rings. The molecule has 1 atom stereocenters. The Kier molecular flexibility index (Phi) is 4.24. The summed E-state index contributed by atoms with van der Waals surface area (Å²) in [7, 11) is 0. The molecule has 0 fully saturated rings. The lowest BCUT2D eigenvalue weighted by molar-refractivity contribution is -0.122. The number of carbonyl (C=O) groups excluding carboxylic acids is 1. The summed E-state index contributed by atoms with van der Waals surface area (Å²) in [5, 5.41) is 5.78. The van der Waals surface area contributed by atoms with Crippen molar-refractivity contribution in [3.8, 4) is 0 Å². The first-order valence-corrected chi connectivity index (χ1v) is 7.48. The molecule has 24 heavy (non-hydrogen) atoms. The number of pyridine rings is 1. The van der Waals surface area contributed by atoms with E-state index in [-0.39, 0.29) is 23.9 Å². The minimum Gasteiger partial charge on any atom is -0.346 e. The Morgan fingerprint density at radius 3 is 2.58 bits per heavy atom. The van der Waals surface area contributed by atoms with Crippen LogP contribution in [0.15, 0.2) is 58.3 Å². The molecule has 0 unspecified atom stereocenters. The number of hydrogen-bond acceptors (Lipinski definition) is 4. The van der Waals surface area contributed by atoms with Gasteiger partial charge in [0.15, 0.2) is 0 Å². The van der Waals surface area contributed by atoms with Crippen LogP contribution in [0.25, 0.3) is 10.8 Å². The number of hydrogen-bond donors (Lipinski definition) is 2. The third-order valence-corrected chi connectivity index (χ3v) is 3.69. The standard InChI is InChI=1S/C17H16N4O3/c1-11(14-8-4-5-9-18-14)19-15(22)10-21-17(24)13-7-3-2-6-12(13)16(23)20-21/h2-9,11H,10H2,1H3,(H,19,22)(H,20,23)/t11-/m0/s1. The van der Waals surface area contributed by atoms with E-state index in [4.69, 9.17) is 0 Å². The Bertz CT molecular complexity index is 992. The lowest BCUT2D eigenvalue weighted by Gasteiger charge is -2.14. The second kappa shape index (κ2) is 6.49. The highest BCUT2D eigenvalue weighted by Crippen LogP contribution is 2.07. The van der Waals surface area contributed by atoms with E-state index < -0.39 is 11.1 Å². The highest BCUT2D eigenvalue weighted by molar-refractivity contribution is 5.81. The van der Waals surface area contributed by atoms with Crippen molar-refractivity contribution in [2.45, 2.75) is 19.5 Å². The number of aromatic nitrogens is 3. The third-order valence-electron chi connectivity index (χ3n) is 3.69. The van der Waals surface area contributed by atoms with Gasteiger partial charge in [0.1, 0.15) is 6.54 Å². The molecule has 3 rings (SSSR count). The van der Waals surface area contributed by atoms with E-state index in [1.165, 1.54) is 0 Å². The molecule has 0 bridgehead atoms. The zero-order valence-electron chi connectivity index (χ0n) is 13.0. The van der Waals surface area contributed by atoms with Gasteiger partial charge in [0, 0.05) is 6.20 Å². The number of carbonyl (C=O) groups is 1. The van der Waals surface area contributed by atoms with Gasteiger partial charge in [0.2, 0.25) is 5.91 Å². The lowest BCUT2D eigenvalue weighted by Crippen LogP contribution is -2.37. The number of nitrogens with one attached hydrogen (secondary N) is 2. The van der Waals surface area contributed by atoms with E-state index in [0.29, 0.717) is 11.1 Å². The summed E-state index contributed by atoms with van der Waals surface area (Å²) in [5.74, 6) is -0.388. The first kappa shape index (κ1) is 15.7. The fourth-order valence-corrected chi connectivity index (χ4v) is 2.49. The highest BCUT2D eigenvalue weighted by Gasteiger charge is 2.13. The summed E-state index contributed by atoms with van der Waals surface area (Å²) in [4.78, 5) is 40.7. The van der Waals surface area contributed by atoms with Gasteiger partial charge in [-0.05, 0) is 31.2 Å². The predicted octanol–water partition coefficient (Wildman–Crippen LogP) is 0.962. The van der Waals surface area contributed by atoms with Crippen molar-refractivity contribution >= 4 is 16.7 Å². The topological polar surface area (TPSA) is 96.9 Å². The molecular weight excluding hydrogens is 308 g/mol. The number of amides is 1. The second-order valence-corrected chi connectivity index (χ2v) is 5.42. The molecule has 2 aromatic heterocycles. The number of nitrogens with zero attached hydrogens (tertiary/aromatic N) is 2. The van der Waals surface area contributed by atoms with Crippen LogP contribution in [-0.2, 0) is 11.3 Å². The summed E-state index contributed by atoms with van der Waals surface area (Å²) >= 11 is 0. The molecule has 7 heteroatoms. The Labute approximate surface area is 137 Å². The zero-order valence-corrected chi connectivity index (χ0v) is 13.0. The SMILES string of the molecule is C[C@H](NC(=O)Cn1[nH]c(=O)c2ccccc2c1=O)c1ccccn1. The minimum absolute atomic E-state index is 0.268. The van der Waals surface area contributed by atoms with Gasteiger partial charge in [-0.2, -0.15) is 0 Å². The molecule has 1 aromatic carbocycles. The average molecular weight is 324 g/mol. The van der Waals surface area contributed by atoms with Crippen LogP contribution < -0.4 is 16.4 Å². The van der Waals surface area contributed by atoms with Gasteiger partial charge in [-0.3, -0.25) is 24.5 Å². The van der Waals surface area contributed by atoms with Crippen molar-refractivity contribution in [1.29, 1.82) is 0 Å². The molecule has 2 N–H and O–H groups in total. The van der Waals surface area contributed by atoms with Gasteiger partial charge in [-0.1, -0.05) is 18.2 Å². The van der Waals surface area contributed by atoms with E-state index in [1.54, 1.807) is 49.5 Å². The van der Waals surface area contributed by atoms with Crippen molar-refractivity contribution in [2.75, 3.05) is 0 Å². The number of aromatic amines is 1. The summed E-state index contributed by atoms with van der Waals surface area (Å²) in [6, 6.07) is 11.6. The molecule has 7 nitrogen and oxygen atoms in total. The van der Waals surface area contributed by atoms with Crippen LogP contribution in [0, 0.1) is 0 Å². The van der Waals surface area contributed by atoms with E-state index >= 15 is 0 Å². The zero-order chi connectivity index (χ0) is 17.1. The van der Waals surface area contributed by atoms with Crippen molar-refractivity contribution in [3.63, 3.8) is 0 Å². The summed E-state index contributed by atoms with van der Waals surface area (Å²) < 4.78 is 1.02. The molecule has 1 amide bonds. The van der Waals surface area contributed by atoms with Crippen LogP contribution in [0.1, 0.15) is 18.7 Å². The first-order valence-electron chi connectivity index (χ1n) is 7.48. The number of H-pyrrole nitrogens is 1. The van der Waals surface area contributed by atoms with Crippen LogP contribution in [0.5, 0.6) is 0 Å². The molecule has 0 radical (unpaired) electrons. The van der Waals surface area contributed by atoms with Crippen LogP contribution in [0.4, 0.5) is 0 Å². The highest BCUT2D eigenvalue weighted by atomic mass is 16.2. The fraction of sp³-hybridized carbons (Fsp3) is 0.176. The smallest absolute Gasteiger partial charge is 0.273 e. The van der Waals surface area contributed by atoms with Crippen LogP contribution >= 0.6 is 0 Å². The van der Waals surface area contributed by atoms with E-state index in [0.717, 1.165) is 4.68 Å². The Morgan fingerprint density at radius 2 is 1.88 bits per heavy atom. The summed E-state index contributed by atoms with van der Waals surface area (Å²) in [5.41, 5.74) is -0.105. The van der Waals surface area contributed by atoms with Gasteiger partial charge in [-0.15, -0.1) is 0 Å². The van der Waals surface area contributed by atoms with Crippen molar-refractivity contribution < 1.29 is 4.79 Å². The average Bonchev–Trinajstić information content (AvgIpc) is 2.60. The maximum absolute atomic E-state index is 12.4. The molecule has 0 spiro atoms. The Balaban J connectivity index is 1.82. The number of benzene rings is 1.